The van der Waals surface area contributed by atoms with E-state index in [4.69, 9.17) is 25.2 Å². The summed E-state index contributed by atoms with van der Waals surface area (Å²) in [6.45, 7) is 16.0. The van der Waals surface area contributed by atoms with E-state index in [2.05, 4.69) is 60.5 Å². The number of aromatic nitrogens is 3. The van der Waals surface area contributed by atoms with Gasteiger partial charge in [-0.25, -0.2) is 0 Å². The summed E-state index contributed by atoms with van der Waals surface area (Å²) in [6, 6.07) is 18.4. The molecule has 1 fully saturated rings. The van der Waals surface area contributed by atoms with E-state index >= 15 is 0 Å². The lowest BCUT2D eigenvalue weighted by Gasteiger charge is -2.34. The summed E-state index contributed by atoms with van der Waals surface area (Å²) in [7, 11) is 0.950. The van der Waals surface area contributed by atoms with E-state index in [0.717, 1.165) is 43.3 Å². The van der Waals surface area contributed by atoms with E-state index in [-0.39, 0.29) is 5.57 Å². The number of benzene rings is 2. The highest BCUT2D eigenvalue weighted by Crippen LogP contribution is 2.32. The molecule has 0 unspecified atom stereocenters. The van der Waals surface area contributed by atoms with Crippen molar-refractivity contribution in [2.75, 3.05) is 50.1 Å². The number of hydrogen-bond donors (Lipinski definition) is 2. The van der Waals surface area contributed by atoms with E-state index in [9.17, 15) is 4.79 Å². The SMILES string of the molecule is C=C(C(N)=O)c1cccc(Oc2nc(Nc3ccc(N4CCN(C)CC4)cc3)nc3c2ccn3COCC[Si](C)(C)C)c1. The predicted molar refractivity (Wildman–Crippen MR) is 176 cm³/mol. The fraction of sp³-hybridized carbons (Fsp3) is 0.344. The summed E-state index contributed by atoms with van der Waals surface area (Å²) in [5.74, 6) is 0.693. The van der Waals surface area contributed by atoms with Gasteiger partial charge in [-0.05, 0) is 61.1 Å². The summed E-state index contributed by atoms with van der Waals surface area (Å²) in [4.78, 5) is 26.0. The summed E-state index contributed by atoms with van der Waals surface area (Å²) in [5, 5.41) is 4.10. The van der Waals surface area contributed by atoms with Crippen LogP contribution in [0.25, 0.3) is 16.6 Å². The molecule has 0 atom stereocenters. The number of carbonyl (C=O) groups is 1. The summed E-state index contributed by atoms with van der Waals surface area (Å²) >= 11 is 0. The molecule has 0 aliphatic carbocycles. The van der Waals surface area contributed by atoms with Crippen molar-refractivity contribution in [1.82, 2.24) is 19.4 Å². The average Bonchev–Trinajstić information content (AvgIpc) is 3.38. The maximum atomic E-state index is 11.7. The van der Waals surface area contributed by atoms with E-state index < -0.39 is 14.0 Å². The number of nitrogens with one attached hydrogen (secondary N) is 1. The second-order valence-corrected chi connectivity index (χ2v) is 17.8. The molecule has 1 amide bonds. The molecular weight excluding hydrogens is 558 g/mol. The lowest BCUT2D eigenvalue weighted by Crippen LogP contribution is -2.44. The molecular formula is C32H41N7O3Si. The first-order valence-corrected chi connectivity index (χ1v) is 18.3. The third-order valence-corrected chi connectivity index (χ3v) is 9.20. The molecule has 2 aromatic heterocycles. The van der Waals surface area contributed by atoms with Crippen LogP contribution >= 0.6 is 0 Å². The first-order chi connectivity index (χ1) is 20.6. The van der Waals surface area contributed by atoms with Crippen molar-refractivity contribution in [3.05, 3.63) is 72.9 Å². The van der Waals surface area contributed by atoms with Crippen LogP contribution in [0.15, 0.2) is 67.4 Å². The van der Waals surface area contributed by atoms with Crippen molar-refractivity contribution in [3.63, 3.8) is 0 Å². The number of ether oxygens (including phenoxy) is 2. The van der Waals surface area contributed by atoms with Crippen LogP contribution in [0, 0.1) is 0 Å². The third-order valence-electron chi connectivity index (χ3n) is 7.50. The number of nitrogens with two attached hydrogens (primary N) is 1. The zero-order valence-corrected chi connectivity index (χ0v) is 26.5. The van der Waals surface area contributed by atoms with Crippen LogP contribution in [-0.4, -0.2) is 73.2 Å². The van der Waals surface area contributed by atoms with Crippen molar-refractivity contribution < 1.29 is 14.3 Å². The average molecular weight is 600 g/mol. The number of amides is 1. The van der Waals surface area contributed by atoms with Crippen LogP contribution in [0.5, 0.6) is 11.6 Å². The van der Waals surface area contributed by atoms with Gasteiger partial charge in [0.2, 0.25) is 17.7 Å². The Morgan fingerprint density at radius 1 is 1.05 bits per heavy atom. The molecule has 11 heteroatoms. The van der Waals surface area contributed by atoms with Crippen molar-refractivity contribution in [2.45, 2.75) is 32.4 Å². The van der Waals surface area contributed by atoms with Gasteiger partial charge in [-0.3, -0.25) is 4.79 Å². The number of nitrogens with zero attached hydrogens (tertiary/aromatic N) is 5. The lowest BCUT2D eigenvalue weighted by atomic mass is 10.1. The number of likely N-dealkylation sites (N-methyl/N-ethyl adjacent to an activating group) is 1. The van der Waals surface area contributed by atoms with Gasteiger partial charge in [0.25, 0.3) is 0 Å². The molecule has 10 nitrogen and oxygen atoms in total. The number of piperazine rings is 1. The van der Waals surface area contributed by atoms with Gasteiger partial charge in [-0.15, -0.1) is 0 Å². The standard InChI is InChI=1S/C32H41N7O3Si/c1-23(29(33)40)24-7-6-8-27(21-24)42-31-28-13-14-39(22-41-19-20-43(3,4)5)30(28)35-32(36-31)34-25-9-11-26(12-10-25)38-17-15-37(2)16-18-38/h6-14,21H,1,15-20,22H2,2-5H3,(H2,33,40)(H,34,35,36). The normalized spacial score (nSPS) is 14.2. The highest BCUT2D eigenvalue weighted by molar-refractivity contribution is 6.76. The van der Waals surface area contributed by atoms with E-state index in [1.54, 1.807) is 24.3 Å². The highest BCUT2D eigenvalue weighted by Gasteiger charge is 2.18. The van der Waals surface area contributed by atoms with Gasteiger partial charge < -0.3 is 34.9 Å². The second kappa shape index (κ2) is 13.0. The molecule has 1 aliphatic rings. The first-order valence-electron chi connectivity index (χ1n) is 14.6. The zero-order chi connectivity index (χ0) is 30.6. The van der Waals surface area contributed by atoms with Gasteiger partial charge in [0, 0.05) is 64.0 Å². The molecule has 0 saturated carbocycles. The molecule has 43 heavy (non-hydrogen) atoms. The minimum absolute atomic E-state index is 0.210. The molecule has 226 valence electrons. The Hall–Kier alpha value is -4.19. The maximum absolute atomic E-state index is 11.7. The minimum Gasteiger partial charge on any atom is -0.438 e. The number of fused-ring (bicyclic) bond motifs is 1. The van der Waals surface area contributed by atoms with Gasteiger partial charge >= 0.3 is 0 Å². The second-order valence-electron chi connectivity index (χ2n) is 12.2. The lowest BCUT2D eigenvalue weighted by molar-refractivity contribution is -0.112. The van der Waals surface area contributed by atoms with Crippen LogP contribution in [0.1, 0.15) is 5.56 Å². The summed E-state index contributed by atoms with van der Waals surface area (Å²) in [6.07, 6.45) is 1.93. The molecule has 1 aliphatic heterocycles. The topological polar surface area (TPSA) is 111 Å². The largest absolute Gasteiger partial charge is 0.438 e. The molecule has 1 saturated heterocycles. The van der Waals surface area contributed by atoms with Crippen LogP contribution in [-0.2, 0) is 16.3 Å². The monoisotopic (exact) mass is 599 g/mol. The Morgan fingerprint density at radius 3 is 2.49 bits per heavy atom. The van der Waals surface area contributed by atoms with Gasteiger partial charge in [0.15, 0.2) is 5.65 Å². The molecule has 0 bridgehead atoms. The highest BCUT2D eigenvalue weighted by atomic mass is 28.3. The zero-order valence-electron chi connectivity index (χ0n) is 25.5. The number of carbonyl (C=O) groups excluding carboxylic acids is 1. The van der Waals surface area contributed by atoms with Crippen molar-refractivity contribution >= 4 is 47.9 Å². The van der Waals surface area contributed by atoms with Gasteiger partial charge in [-0.1, -0.05) is 38.4 Å². The first kappa shape index (κ1) is 30.3. The maximum Gasteiger partial charge on any atom is 0.248 e. The van der Waals surface area contributed by atoms with Crippen LogP contribution in [0.4, 0.5) is 17.3 Å². The Kier molecular flexibility index (Phi) is 9.14. The van der Waals surface area contributed by atoms with Gasteiger partial charge in [0.05, 0.1) is 5.39 Å². The Morgan fingerprint density at radius 2 is 1.79 bits per heavy atom. The minimum atomic E-state index is -1.21. The van der Waals surface area contributed by atoms with Gasteiger partial charge in [-0.2, -0.15) is 9.97 Å². The van der Waals surface area contributed by atoms with E-state index in [1.807, 2.05) is 29.0 Å². The fourth-order valence-corrected chi connectivity index (χ4v) is 5.52. The van der Waals surface area contributed by atoms with Crippen LogP contribution in [0.2, 0.25) is 25.7 Å². The smallest absolute Gasteiger partial charge is 0.248 e. The van der Waals surface area contributed by atoms with Crippen LogP contribution in [0.3, 0.4) is 0 Å². The number of rotatable bonds is 12. The number of anilines is 3. The van der Waals surface area contributed by atoms with Crippen molar-refractivity contribution in [1.29, 1.82) is 0 Å². The quantitative estimate of drug-likeness (QED) is 0.124. The molecule has 3 heterocycles. The molecule has 5 rings (SSSR count). The molecule has 0 spiro atoms. The van der Waals surface area contributed by atoms with Crippen molar-refractivity contribution in [3.8, 4) is 11.6 Å². The molecule has 3 N–H and O–H groups in total. The molecule has 4 aromatic rings. The Balaban J connectivity index is 1.41. The third kappa shape index (κ3) is 7.81. The summed E-state index contributed by atoms with van der Waals surface area (Å²) in [5.41, 5.74) is 8.99. The molecule has 2 aromatic carbocycles. The predicted octanol–water partition coefficient (Wildman–Crippen LogP) is 5.53. The molecule has 0 radical (unpaired) electrons. The number of primary amides is 1. The van der Waals surface area contributed by atoms with E-state index in [0.29, 0.717) is 42.1 Å². The van der Waals surface area contributed by atoms with Crippen molar-refractivity contribution in [2.24, 2.45) is 5.73 Å². The van der Waals surface area contributed by atoms with Crippen LogP contribution < -0.4 is 20.7 Å². The van der Waals surface area contributed by atoms with Gasteiger partial charge in [0.1, 0.15) is 12.5 Å². The fourth-order valence-electron chi connectivity index (χ4n) is 4.77. The number of hydrogen-bond acceptors (Lipinski definition) is 8. The Labute approximate surface area is 254 Å². The van der Waals surface area contributed by atoms with E-state index in [1.165, 1.54) is 5.69 Å². The summed E-state index contributed by atoms with van der Waals surface area (Å²) < 4.78 is 14.3. The Bertz CT molecular complexity index is 1590.